The van der Waals surface area contributed by atoms with Crippen LogP contribution in [0.3, 0.4) is 0 Å². The van der Waals surface area contributed by atoms with Gasteiger partial charge in [0.25, 0.3) is 0 Å². The molecule has 24 heavy (non-hydrogen) atoms. The number of hydrogen-bond acceptors (Lipinski definition) is 4. The minimum absolute atomic E-state index is 0.508. The summed E-state index contributed by atoms with van der Waals surface area (Å²) in [6.45, 7) is 3.36. The molecule has 4 rings (SSSR count). The molecule has 2 aliphatic rings. The van der Waals surface area contributed by atoms with Gasteiger partial charge in [-0.15, -0.1) is 0 Å². The number of pyridine rings is 1. The molecule has 1 aromatic heterocycles. The Morgan fingerprint density at radius 3 is 2.79 bits per heavy atom. The van der Waals surface area contributed by atoms with Crippen molar-refractivity contribution in [3.05, 3.63) is 59.9 Å². The van der Waals surface area contributed by atoms with E-state index in [0.29, 0.717) is 24.5 Å². The van der Waals surface area contributed by atoms with Crippen molar-refractivity contribution in [2.45, 2.75) is 31.4 Å². The number of rotatable bonds is 8. The third kappa shape index (κ3) is 3.94. The molecule has 0 bridgehead atoms. The minimum atomic E-state index is 0.508. The van der Waals surface area contributed by atoms with E-state index in [1.54, 1.807) is 0 Å². The van der Waals surface area contributed by atoms with Crippen molar-refractivity contribution in [3.8, 4) is 5.75 Å². The maximum absolute atomic E-state index is 5.87. The van der Waals surface area contributed by atoms with Crippen molar-refractivity contribution in [2.75, 3.05) is 19.8 Å². The highest BCUT2D eigenvalue weighted by Gasteiger charge is 2.38. The molecule has 0 unspecified atom stereocenters. The maximum Gasteiger partial charge on any atom is 0.137 e. The average molecular weight is 324 g/mol. The number of benzene rings is 1. The molecule has 1 saturated heterocycles. The van der Waals surface area contributed by atoms with Crippen LogP contribution < -0.4 is 10.1 Å². The van der Waals surface area contributed by atoms with Gasteiger partial charge in [0, 0.05) is 12.2 Å². The van der Waals surface area contributed by atoms with Crippen molar-refractivity contribution in [3.63, 3.8) is 0 Å². The molecule has 0 amide bonds. The fourth-order valence-electron chi connectivity index (χ4n) is 3.15. The van der Waals surface area contributed by atoms with Crippen LogP contribution in [0.2, 0.25) is 0 Å². The summed E-state index contributed by atoms with van der Waals surface area (Å²) in [5, 5.41) is 3.35. The zero-order chi connectivity index (χ0) is 16.2. The maximum atomic E-state index is 5.87. The molecule has 4 nitrogen and oxygen atoms in total. The number of nitrogens with one attached hydrogen (secondary N) is 1. The SMILES string of the molecule is c1ccc(COC[C@H]2C[C@@H]2c2cncc(OC[C@@H]3CCN3)c2)cc1. The van der Waals surface area contributed by atoms with Crippen LogP contribution in [-0.4, -0.2) is 30.8 Å². The summed E-state index contributed by atoms with van der Waals surface area (Å²) in [4.78, 5) is 4.34. The molecule has 4 heteroatoms. The van der Waals surface area contributed by atoms with Gasteiger partial charge in [-0.05, 0) is 48.4 Å². The van der Waals surface area contributed by atoms with Gasteiger partial charge in [0.1, 0.15) is 12.4 Å². The van der Waals surface area contributed by atoms with E-state index in [2.05, 4.69) is 40.6 Å². The van der Waals surface area contributed by atoms with Crippen LogP contribution in [0, 0.1) is 5.92 Å². The van der Waals surface area contributed by atoms with E-state index in [0.717, 1.165) is 25.5 Å². The average Bonchev–Trinajstić information content (AvgIpc) is 3.34. The molecular weight excluding hydrogens is 300 g/mol. The molecule has 1 aromatic carbocycles. The van der Waals surface area contributed by atoms with E-state index in [9.17, 15) is 0 Å². The molecule has 2 fully saturated rings. The topological polar surface area (TPSA) is 43.4 Å². The smallest absolute Gasteiger partial charge is 0.137 e. The summed E-state index contributed by atoms with van der Waals surface area (Å²) < 4.78 is 11.7. The molecule has 0 radical (unpaired) electrons. The minimum Gasteiger partial charge on any atom is -0.490 e. The van der Waals surface area contributed by atoms with Crippen LogP contribution in [-0.2, 0) is 11.3 Å². The van der Waals surface area contributed by atoms with E-state index in [-0.39, 0.29) is 0 Å². The van der Waals surface area contributed by atoms with Crippen molar-refractivity contribution >= 4 is 0 Å². The van der Waals surface area contributed by atoms with Crippen LogP contribution in [0.5, 0.6) is 5.75 Å². The van der Waals surface area contributed by atoms with Crippen LogP contribution in [0.1, 0.15) is 29.9 Å². The van der Waals surface area contributed by atoms with Gasteiger partial charge in [0.05, 0.1) is 19.4 Å². The lowest BCUT2D eigenvalue weighted by molar-refractivity contribution is 0.110. The Hall–Kier alpha value is -1.91. The van der Waals surface area contributed by atoms with Gasteiger partial charge >= 0.3 is 0 Å². The van der Waals surface area contributed by atoms with E-state index in [4.69, 9.17) is 9.47 Å². The number of nitrogens with zero attached hydrogens (tertiary/aromatic N) is 1. The van der Waals surface area contributed by atoms with Crippen molar-refractivity contribution in [2.24, 2.45) is 5.92 Å². The predicted octanol–water partition coefficient (Wildman–Crippen LogP) is 3.14. The van der Waals surface area contributed by atoms with E-state index < -0.39 is 0 Å². The van der Waals surface area contributed by atoms with E-state index in [1.807, 2.05) is 18.5 Å². The number of hydrogen-bond donors (Lipinski definition) is 1. The van der Waals surface area contributed by atoms with Crippen LogP contribution in [0.25, 0.3) is 0 Å². The lowest BCUT2D eigenvalue weighted by Crippen LogP contribution is -2.46. The Morgan fingerprint density at radius 2 is 2.00 bits per heavy atom. The fraction of sp³-hybridized carbons (Fsp3) is 0.450. The second-order valence-corrected chi connectivity index (χ2v) is 6.81. The highest BCUT2D eigenvalue weighted by atomic mass is 16.5. The third-order valence-electron chi connectivity index (χ3n) is 4.91. The molecule has 0 spiro atoms. The standard InChI is InChI=1S/C20H24N2O2/c1-2-4-15(5-3-1)12-23-13-17-9-20(17)16-8-19(11-21-10-16)24-14-18-6-7-22-18/h1-5,8,10-11,17-18,20,22H,6-7,9,12-14H2/t17-,18+,20-/m1/s1. The first-order valence-electron chi connectivity index (χ1n) is 8.81. The quantitative estimate of drug-likeness (QED) is 0.810. The zero-order valence-electron chi connectivity index (χ0n) is 13.9. The lowest BCUT2D eigenvalue weighted by Gasteiger charge is -2.27. The third-order valence-corrected chi connectivity index (χ3v) is 4.91. The summed E-state index contributed by atoms with van der Waals surface area (Å²) >= 11 is 0. The zero-order valence-corrected chi connectivity index (χ0v) is 13.9. The Morgan fingerprint density at radius 1 is 1.12 bits per heavy atom. The summed E-state index contributed by atoms with van der Waals surface area (Å²) in [5.74, 6) is 2.06. The highest BCUT2D eigenvalue weighted by Crippen LogP contribution is 2.47. The Labute approximate surface area is 143 Å². The largest absolute Gasteiger partial charge is 0.490 e. The van der Waals surface area contributed by atoms with Crippen LogP contribution in [0.15, 0.2) is 48.8 Å². The molecule has 2 aromatic rings. The van der Waals surface area contributed by atoms with Crippen molar-refractivity contribution in [1.82, 2.24) is 10.3 Å². The summed E-state index contributed by atoms with van der Waals surface area (Å²) in [5.41, 5.74) is 2.51. The molecule has 1 N–H and O–H groups in total. The van der Waals surface area contributed by atoms with Crippen molar-refractivity contribution in [1.29, 1.82) is 0 Å². The first-order valence-corrected chi connectivity index (χ1v) is 8.81. The molecule has 1 aliphatic carbocycles. The highest BCUT2D eigenvalue weighted by molar-refractivity contribution is 5.30. The summed E-state index contributed by atoms with van der Waals surface area (Å²) in [6, 6.07) is 13.0. The Balaban J connectivity index is 1.23. The fourth-order valence-corrected chi connectivity index (χ4v) is 3.15. The number of aromatic nitrogens is 1. The first-order chi connectivity index (χ1) is 11.9. The van der Waals surface area contributed by atoms with Gasteiger partial charge in [-0.1, -0.05) is 30.3 Å². The van der Waals surface area contributed by atoms with Crippen LogP contribution in [0.4, 0.5) is 0 Å². The van der Waals surface area contributed by atoms with Gasteiger partial charge < -0.3 is 14.8 Å². The molecular formula is C20H24N2O2. The molecule has 3 atom stereocenters. The van der Waals surface area contributed by atoms with Gasteiger partial charge in [-0.3, -0.25) is 4.98 Å². The van der Waals surface area contributed by atoms with Gasteiger partial charge in [-0.25, -0.2) is 0 Å². The van der Waals surface area contributed by atoms with E-state index in [1.165, 1.54) is 24.0 Å². The molecule has 1 aliphatic heterocycles. The first kappa shape index (κ1) is 15.6. The van der Waals surface area contributed by atoms with Gasteiger partial charge in [0.15, 0.2) is 0 Å². The molecule has 2 heterocycles. The van der Waals surface area contributed by atoms with Gasteiger partial charge in [-0.2, -0.15) is 0 Å². The monoisotopic (exact) mass is 324 g/mol. The van der Waals surface area contributed by atoms with Crippen LogP contribution >= 0.6 is 0 Å². The second-order valence-electron chi connectivity index (χ2n) is 6.81. The second kappa shape index (κ2) is 7.32. The van der Waals surface area contributed by atoms with Crippen molar-refractivity contribution < 1.29 is 9.47 Å². The normalized spacial score (nSPS) is 25.1. The Kier molecular flexibility index (Phi) is 4.76. The predicted molar refractivity (Wildman–Crippen MR) is 93.1 cm³/mol. The van der Waals surface area contributed by atoms with Gasteiger partial charge in [0.2, 0.25) is 0 Å². The molecule has 126 valence electrons. The summed E-state index contributed by atoms with van der Waals surface area (Å²) in [7, 11) is 0. The Bertz CT molecular complexity index is 658. The lowest BCUT2D eigenvalue weighted by atomic mass is 10.1. The summed E-state index contributed by atoms with van der Waals surface area (Å²) in [6.07, 6.45) is 6.17. The van der Waals surface area contributed by atoms with E-state index >= 15 is 0 Å². The molecule has 1 saturated carbocycles. The number of ether oxygens (including phenoxy) is 2.